The maximum absolute atomic E-state index is 13.1. The van der Waals surface area contributed by atoms with Crippen LogP contribution < -0.4 is 10.2 Å². The second-order valence-electron chi connectivity index (χ2n) is 6.48. The van der Waals surface area contributed by atoms with Crippen molar-refractivity contribution in [2.75, 3.05) is 23.5 Å². The molecule has 3 aromatic rings. The Morgan fingerprint density at radius 1 is 1.34 bits per heavy atom. The van der Waals surface area contributed by atoms with Crippen LogP contribution in [-0.2, 0) is 4.74 Å². The van der Waals surface area contributed by atoms with Gasteiger partial charge in [0.15, 0.2) is 5.76 Å². The predicted molar refractivity (Wildman–Crippen MR) is 105 cm³/mol. The van der Waals surface area contributed by atoms with Gasteiger partial charge in [0.25, 0.3) is 0 Å². The molecule has 1 saturated heterocycles. The van der Waals surface area contributed by atoms with Crippen LogP contribution >= 0.6 is 11.6 Å². The summed E-state index contributed by atoms with van der Waals surface area (Å²) >= 11 is 5.91. The van der Waals surface area contributed by atoms with E-state index in [4.69, 9.17) is 20.9 Å². The quantitative estimate of drug-likeness (QED) is 0.640. The summed E-state index contributed by atoms with van der Waals surface area (Å²) in [6.07, 6.45) is 0.856. The number of alkyl halides is 1. The van der Waals surface area contributed by atoms with Crippen molar-refractivity contribution >= 4 is 29.5 Å². The van der Waals surface area contributed by atoms with Gasteiger partial charge in [-0.15, -0.1) is 0 Å². The molecule has 2 atom stereocenters. The van der Waals surface area contributed by atoms with Crippen LogP contribution in [-0.4, -0.2) is 40.5 Å². The minimum Gasteiger partial charge on any atom is -0.447 e. The van der Waals surface area contributed by atoms with Gasteiger partial charge in [0.1, 0.15) is 30.8 Å². The molecule has 0 bridgehead atoms. The van der Waals surface area contributed by atoms with Crippen molar-refractivity contribution in [2.45, 2.75) is 19.0 Å². The summed E-state index contributed by atoms with van der Waals surface area (Å²) < 4.78 is 23.5. The number of hydrogen-bond acceptors (Lipinski definition) is 7. The lowest BCUT2D eigenvalue weighted by Gasteiger charge is -2.18. The first-order valence-electron chi connectivity index (χ1n) is 8.89. The summed E-state index contributed by atoms with van der Waals surface area (Å²) in [4.78, 5) is 21.5. The monoisotopic (exact) mass is 417 g/mol. The Hall–Kier alpha value is -3.20. The Bertz CT molecular complexity index is 1010. The Labute approximate surface area is 170 Å². The van der Waals surface area contributed by atoms with Crippen molar-refractivity contribution in [3.05, 3.63) is 53.3 Å². The molecule has 2 aromatic heterocycles. The van der Waals surface area contributed by atoms with Crippen LogP contribution in [0.25, 0.3) is 11.3 Å². The molecule has 0 saturated carbocycles. The van der Waals surface area contributed by atoms with Crippen molar-refractivity contribution in [2.24, 2.45) is 0 Å². The van der Waals surface area contributed by atoms with Gasteiger partial charge in [0.2, 0.25) is 5.95 Å². The highest BCUT2D eigenvalue weighted by molar-refractivity contribution is 6.30. The maximum Gasteiger partial charge on any atom is 0.416 e. The van der Waals surface area contributed by atoms with E-state index in [1.807, 2.05) is 25.1 Å². The molecule has 1 N–H and O–H groups in total. The van der Waals surface area contributed by atoms with Crippen LogP contribution in [0.2, 0.25) is 5.02 Å². The van der Waals surface area contributed by atoms with E-state index in [9.17, 15) is 9.18 Å². The molecular weight excluding hydrogens is 401 g/mol. The minimum atomic E-state index is -0.721. The molecule has 150 valence electrons. The largest absolute Gasteiger partial charge is 0.447 e. The van der Waals surface area contributed by atoms with Gasteiger partial charge in [-0.25, -0.2) is 14.2 Å². The summed E-state index contributed by atoms with van der Waals surface area (Å²) in [7, 11) is 0. The van der Waals surface area contributed by atoms with Gasteiger partial charge in [-0.05, 0) is 37.3 Å². The normalized spacial score (nSPS) is 17.3. The van der Waals surface area contributed by atoms with E-state index in [1.165, 1.54) is 17.2 Å². The zero-order valence-electron chi connectivity index (χ0n) is 15.4. The van der Waals surface area contributed by atoms with Crippen LogP contribution in [0, 0.1) is 0 Å². The third kappa shape index (κ3) is 4.00. The van der Waals surface area contributed by atoms with Gasteiger partial charge in [-0.1, -0.05) is 16.8 Å². The molecule has 1 aliphatic heterocycles. The van der Waals surface area contributed by atoms with Gasteiger partial charge in [-0.2, -0.15) is 4.98 Å². The summed E-state index contributed by atoms with van der Waals surface area (Å²) in [6.45, 7) is 1.14. The van der Waals surface area contributed by atoms with Crippen molar-refractivity contribution in [1.82, 2.24) is 15.1 Å². The number of hydrogen-bond donors (Lipinski definition) is 1. The summed E-state index contributed by atoms with van der Waals surface area (Å²) in [6, 6.07) is 9.59. The van der Waals surface area contributed by atoms with Crippen LogP contribution in [0.1, 0.15) is 18.7 Å². The standard InChI is InChI=1S/C19H17ClFN5O3/c1-11(15-8-16(29-25-15)12-2-4-13(20)5-3-12)23-18-22-7-6-17(24-18)26-14(9-21)10-28-19(26)27/h2-8,11,14H,9-10H2,1H3,(H,22,23,24)/t11-,14-/m0/s1. The van der Waals surface area contributed by atoms with Crippen molar-refractivity contribution in [1.29, 1.82) is 0 Å². The van der Waals surface area contributed by atoms with Gasteiger partial charge in [0.05, 0.1) is 6.04 Å². The topological polar surface area (TPSA) is 93.4 Å². The fourth-order valence-corrected chi connectivity index (χ4v) is 3.04. The van der Waals surface area contributed by atoms with Gasteiger partial charge >= 0.3 is 6.09 Å². The van der Waals surface area contributed by atoms with E-state index < -0.39 is 18.8 Å². The number of amides is 1. The van der Waals surface area contributed by atoms with Crippen molar-refractivity contribution in [3.8, 4) is 11.3 Å². The molecule has 1 aliphatic rings. The average Bonchev–Trinajstić information content (AvgIpc) is 3.35. The van der Waals surface area contributed by atoms with E-state index >= 15 is 0 Å². The molecule has 3 heterocycles. The molecule has 8 nitrogen and oxygen atoms in total. The van der Waals surface area contributed by atoms with E-state index in [0.717, 1.165) is 5.56 Å². The molecule has 1 amide bonds. The molecular formula is C19H17ClFN5O3. The highest BCUT2D eigenvalue weighted by Gasteiger charge is 2.35. The third-order valence-electron chi connectivity index (χ3n) is 4.47. The summed E-state index contributed by atoms with van der Waals surface area (Å²) in [5.41, 5.74) is 1.49. The molecule has 0 spiro atoms. The van der Waals surface area contributed by atoms with E-state index in [-0.39, 0.29) is 24.4 Å². The minimum absolute atomic E-state index is 0.00901. The lowest BCUT2D eigenvalue weighted by molar-refractivity contribution is 0.177. The maximum atomic E-state index is 13.1. The molecule has 0 aliphatic carbocycles. The predicted octanol–water partition coefficient (Wildman–Crippen LogP) is 4.25. The second-order valence-corrected chi connectivity index (χ2v) is 6.92. The van der Waals surface area contributed by atoms with Crippen LogP contribution in [0.3, 0.4) is 0 Å². The van der Waals surface area contributed by atoms with Gasteiger partial charge < -0.3 is 14.6 Å². The fourth-order valence-electron chi connectivity index (χ4n) is 2.92. The van der Waals surface area contributed by atoms with Gasteiger partial charge in [-0.3, -0.25) is 4.90 Å². The molecule has 4 rings (SSSR count). The number of halogens is 2. The van der Waals surface area contributed by atoms with Crippen molar-refractivity contribution in [3.63, 3.8) is 0 Å². The molecule has 1 aromatic carbocycles. The molecule has 0 radical (unpaired) electrons. The third-order valence-corrected chi connectivity index (χ3v) is 4.73. The molecule has 29 heavy (non-hydrogen) atoms. The van der Waals surface area contributed by atoms with Crippen LogP contribution in [0.5, 0.6) is 0 Å². The molecule has 0 unspecified atom stereocenters. The Balaban J connectivity index is 1.50. The average molecular weight is 418 g/mol. The lowest BCUT2D eigenvalue weighted by atomic mass is 10.1. The molecule has 10 heteroatoms. The van der Waals surface area contributed by atoms with Crippen molar-refractivity contribution < 1.29 is 18.4 Å². The van der Waals surface area contributed by atoms with Crippen LogP contribution in [0.15, 0.2) is 47.1 Å². The number of cyclic esters (lactones) is 1. The number of ether oxygens (including phenoxy) is 1. The lowest BCUT2D eigenvalue weighted by Crippen LogP contribution is -2.35. The van der Waals surface area contributed by atoms with Crippen LogP contribution in [0.4, 0.5) is 21.0 Å². The fraction of sp³-hybridized carbons (Fsp3) is 0.263. The van der Waals surface area contributed by atoms with E-state index in [1.54, 1.807) is 12.1 Å². The SMILES string of the molecule is C[C@H](Nc1nccc(N2C(=O)OC[C@@H]2CF)n1)c1cc(-c2ccc(Cl)cc2)on1. The first-order chi connectivity index (χ1) is 14.0. The number of aromatic nitrogens is 3. The Morgan fingerprint density at radius 3 is 2.90 bits per heavy atom. The highest BCUT2D eigenvalue weighted by Crippen LogP contribution is 2.26. The van der Waals surface area contributed by atoms with Gasteiger partial charge in [0, 0.05) is 22.8 Å². The van der Waals surface area contributed by atoms with E-state index in [2.05, 4.69) is 20.4 Å². The Morgan fingerprint density at radius 2 is 2.14 bits per heavy atom. The van der Waals surface area contributed by atoms with E-state index in [0.29, 0.717) is 16.5 Å². The number of nitrogens with zero attached hydrogens (tertiary/aromatic N) is 4. The number of anilines is 2. The Kier molecular flexibility index (Phi) is 5.30. The number of benzene rings is 1. The number of rotatable bonds is 6. The second kappa shape index (κ2) is 8.04. The number of carbonyl (C=O) groups excluding carboxylic acids is 1. The summed E-state index contributed by atoms with van der Waals surface area (Å²) in [5, 5.41) is 7.83. The molecule has 1 fully saturated rings. The first-order valence-corrected chi connectivity index (χ1v) is 9.27. The number of nitrogens with one attached hydrogen (secondary N) is 1. The first kappa shape index (κ1) is 19.1. The summed E-state index contributed by atoms with van der Waals surface area (Å²) in [5.74, 6) is 1.13. The number of carbonyl (C=O) groups is 1. The smallest absolute Gasteiger partial charge is 0.416 e. The highest BCUT2D eigenvalue weighted by atomic mass is 35.5. The zero-order valence-corrected chi connectivity index (χ0v) is 16.1. The zero-order chi connectivity index (χ0) is 20.4.